The second-order valence-electron chi connectivity index (χ2n) is 6.67. The molecule has 0 spiro atoms. The summed E-state index contributed by atoms with van der Waals surface area (Å²) in [5, 5.41) is 13.9. The van der Waals surface area contributed by atoms with E-state index >= 15 is 0 Å². The van der Waals surface area contributed by atoms with E-state index in [9.17, 15) is 5.11 Å². The van der Waals surface area contributed by atoms with Gasteiger partial charge < -0.3 is 19.9 Å². The number of methoxy groups -OCH3 is 2. The fourth-order valence-corrected chi connectivity index (χ4v) is 3.85. The lowest BCUT2D eigenvalue weighted by atomic mass is 10.0. The van der Waals surface area contributed by atoms with Gasteiger partial charge in [0.2, 0.25) is 0 Å². The third kappa shape index (κ3) is 3.32. The molecule has 1 aromatic carbocycles. The van der Waals surface area contributed by atoms with Crippen LogP contribution in [-0.4, -0.2) is 41.4 Å². The Balaban J connectivity index is 2.22. The van der Waals surface area contributed by atoms with Gasteiger partial charge in [-0.1, -0.05) is 6.07 Å². The van der Waals surface area contributed by atoms with Gasteiger partial charge in [-0.15, -0.1) is 11.3 Å². The molecule has 26 heavy (non-hydrogen) atoms. The predicted octanol–water partition coefficient (Wildman–Crippen LogP) is 3.87. The highest BCUT2D eigenvalue weighted by Gasteiger charge is 2.22. The number of aliphatic hydroxyl groups excluding tert-OH is 1. The smallest absolute Gasteiger partial charge is 0.161 e. The molecule has 0 radical (unpaired) electrons. The highest BCUT2D eigenvalue weighted by Crippen LogP contribution is 2.43. The van der Waals surface area contributed by atoms with Crippen molar-refractivity contribution < 1.29 is 14.6 Å². The van der Waals surface area contributed by atoms with E-state index < -0.39 is 5.54 Å². The third-order valence-electron chi connectivity index (χ3n) is 4.19. The second kappa shape index (κ2) is 7.09. The Bertz CT molecular complexity index is 937. The quantitative estimate of drug-likeness (QED) is 0.683. The summed E-state index contributed by atoms with van der Waals surface area (Å²) in [6.07, 6.45) is 1.55. The van der Waals surface area contributed by atoms with Crippen LogP contribution in [0.2, 0.25) is 0 Å². The zero-order valence-electron chi connectivity index (χ0n) is 15.6. The van der Waals surface area contributed by atoms with Crippen molar-refractivity contribution in [3.05, 3.63) is 29.4 Å². The van der Waals surface area contributed by atoms with E-state index in [4.69, 9.17) is 9.47 Å². The number of hydrogen-bond donors (Lipinski definition) is 2. The number of anilines is 1. The Morgan fingerprint density at radius 2 is 1.88 bits per heavy atom. The lowest BCUT2D eigenvalue weighted by Gasteiger charge is -2.24. The molecular formula is C19H23N3O3S. The average molecular weight is 373 g/mol. The molecule has 0 unspecified atom stereocenters. The Hall–Kier alpha value is -2.38. The maximum absolute atomic E-state index is 9.61. The first-order valence-corrected chi connectivity index (χ1v) is 9.07. The number of nitrogens with zero attached hydrogens (tertiary/aromatic N) is 2. The molecule has 0 fully saturated rings. The van der Waals surface area contributed by atoms with Gasteiger partial charge in [0.15, 0.2) is 11.5 Å². The molecule has 0 amide bonds. The largest absolute Gasteiger partial charge is 0.493 e. The summed E-state index contributed by atoms with van der Waals surface area (Å²) < 4.78 is 10.8. The zero-order chi connectivity index (χ0) is 18.9. The molecule has 0 aliphatic carbocycles. The minimum absolute atomic E-state index is 0.00664. The molecule has 0 saturated heterocycles. The van der Waals surface area contributed by atoms with Gasteiger partial charge in [-0.25, -0.2) is 9.97 Å². The fraction of sp³-hybridized carbons (Fsp3) is 0.368. The van der Waals surface area contributed by atoms with E-state index in [1.54, 1.807) is 31.9 Å². The summed E-state index contributed by atoms with van der Waals surface area (Å²) in [6, 6.07) is 5.86. The van der Waals surface area contributed by atoms with Crippen molar-refractivity contribution in [2.75, 3.05) is 26.1 Å². The molecule has 0 saturated carbocycles. The molecule has 2 heterocycles. The second-order valence-corrected chi connectivity index (χ2v) is 7.88. The first-order valence-electron chi connectivity index (χ1n) is 8.25. The Morgan fingerprint density at radius 3 is 2.54 bits per heavy atom. The number of thiophene rings is 1. The zero-order valence-corrected chi connectivity index (χ0v) is 16.4. The number of aromatic nitrogens is 2. The van der Waals surface area contributed by atoms with Crippen molar-refractivity contribution in [3.8, 4) is 22.6 Å². The summed E-state index contributed by atoms with van der Waals surface area (Å²) in [4.78, 5) is 10.9. The number of fused-ring (bicyclic) bond motifs is 1. The molecule has 0 bridgehead atoms. The molecule has 7 heteroatoms. The van der Waals surface area contributed by atoms with E-state index in [1.165, 1.54) is 0 Å². The number of aliphatic hydroxyl groups is 1. The van der Waals surface area contributed by atoms with Crippen LogP contribution >= 0.6 is 11.3 Å². The number of ether oxygens (including phenoxy) is 2. The fourth-order valence-electron chi connectivity index (χ4n) is 2.84. The van der Waals surface area contributed by atoms with Crippen molar-refractivity contribution in [3.63, 3.8) is 0 Å². The van der Waals surface area contributed by atoms with E-state index in [0.29, 0.717) is 17.3 Å². The van der Waals surface area contributed by atoms with Crippen molar-refractivity contribution in [1.82, 2.24) is 9.97 Å². The van der Waals surface area contributed by atoms with Crippen LogP contribution in [0.15, 0.2) is 24.5 Å². The van der Waals surface area contributed by atoms with Crippen LogP contribution in [0.3, 0.4) is 0 Å². The van der Waals surface area contributed by atoms with Crippen molar-refractivity contribution in [1.29, 1.82) is 0 Å². The Kier molecular flexibility index (Phi) is 5.02. The lowest BCUT2D eigenvalue weighted by molar-refractivity contribution is 0.234. The molecule has 6 nitrogen and oxygen atoms in total. The summed E-state index contributed by atoms with van der Waals surface area (Å²) in [7, 11) is 3.25. The third-order valence-corrected chi connectivity index (χ3v) is 5.20. The summed E-state index contributed by atoms with van der Waals surface area (Å²) in [5.74, 6) is 2.07. The van der Waals surface area contributed by atoms with E-state index in [1.807, 2.05) is 32.0 Å². The molecule has 3 aromatic rings. The first kappa shape index (κ1) is 18.4. The maximum atomic E-state index is 9.61. The van der Waals surface area contributed by atoms with Gasteiger partial charge in [0.1, 0.15) is 17.0 Å². The lowest BCUT2D eigenvalue weighted by Crippen LogP contribution is -2.35. The van der Waals surface area contributed by atoms with Crippen LogP contribution in [0.5, 0.6) is 11.5 Å². The summed E-state index contributed by atoms with van der Waals surface area (Å²) in [5.41, 5.74) is 1.57. The van der Waals surface area contributed by atoms with Gasteiger partial charge >= 0.3 is 0 Å². The molecule has 138 valence electrons. The maximum Gasteiger partial charge on any atom is 0.161 e. The van der Waals surface area contributed by atoms with Gasteiger partial charge in [-0.05, 0) is 38.5 Å². The minimum Gasteiger partial charge on any atom is -0.493 e. The van der Waals surface area contributed by atoms with E-state index in [2.05, 4.69) is 22.2 Å². The van der Waals surface area contributed by atoms with Crippen molar-refractivity contribution >= 4 is 27.4 Å². The van der Waals surface area contributed by atoms with Gasteiger partial charge in [-0.3, -0.25) is 0 Å². The van der Waals surface area contributed by atoms with Crippen molar-refractivity contribution in [2.45, 2.75) is 26.3 Å². The van der Waals surface area contributed by atoms with Crippen molar-refractivity contribution in [2.24, 2.45) is 0 Å². The predicted molar refractivity (Wildman–Crippen MR) is 105 cm³/mol. The SMILES string of the molecule is COc1ccc(-c2c(C)sc3ncnc(NC(C)(C)CO)c23)cc1OC. The van der Waals surface area contributed by atoms with Crippen LogP contribution < -0.4 is 14.8 Å². The summed E-state index contributed by atoms with van der Waals surface area (Å²) in [6.45, 7) is 5.92. The number of benzene rings is 1. The molecule has 2 aromatic heterocycles. The van der Waals surface area contributed by atoms with Gasteiger partial charge in [0, 0.05) is 10.4 Å². The van der Waals surface area contributed by atoms with Crippen LogP contribution in [0, 0.1) is 6.92 Å². The Morgan fingerprint density at radius 1 is 1.15 bits per heavy atom. The molecule has 0 aliphatic rings. The van der Waals surface area contributed by atoms with Gasteiger partial charge in [0.05, 0.1) is 31.8 Å². The Labute approximate surface area is 156 Å². The van der Waals surface area contributed by atoms with Crippen LogP contribution in [0.25, 0.3) is 21.3 Å². The van der Waals surface area contributed by atoms with Crippen LogP contribution in [-0.2, 0) is 0 Å². The van der Waals surface area contributed by atoms with Crippen LogP contribution in [0.1, 0.15) is 18.7 Å². The van der Waals surface area contributed by atoms with E-state index in [-0.39, 0.29) is 6.61 Å². The number of hydrogen-bond acceptors (Lipinski definition) is 7. The average Bonchev–Trinajstić information content (AvgIpc) is 2.97. The molecular weight excluding hydrogens is 350 g/mol. The van der Waals surface area contributed by atoms with Gasteiger partial charge in [0.25, 0.3) is 0 Å². The molecule has 0 atom stereocenters. The number of rotatable bonds is 6. The number of aryl methyl sites for hydroxylation is 1. The van der Waals surface area contributed by atoms with Gasteiger partial charge in [-0.2, -0.15) is 0 Å². The first-order chi connectivity index (χ1) is 12.4. The summed E-state index contributed by atoms with van der Waals surface area (Å²) >= 11 is 1.62. The molecule has 3 rings (SSSR count). The molecule has 0 aliphatic heterocycles. The standard InChI is InChI=1S/C19H23N3O3S/c1-11-15(12-6-7-13(24-4)14(8-12)25-5)16-17(22-19(2,3)9-23)20-10-21-18(16)26-11/h6-8,10,23H,9H2,1-5H3,(H,20,21,22). The van der Waals surface area contributed by atoms with E-state index in [0.717, 1.165) is 26.2 Å². The topological polar surface area (TPSA) is 76.5 Å². The monoisotopic (exact) mass is 373 g/mol. The normalized spacial score (nSPS) is 11.6. The van der Waals surface area contributed by atoms with Crippen LogP contribution in [0.4, 0.5) is 5.82 Å². The highest BCUT2D eigenvalue weighted by atomic mass is 32.1. The highest BCUT2D eigenvalue weighted by molar-refractivity contribution is 7.19. The number of nitrogens with one attached hydrogen (secondary N) is 1. The minimum atomic E-state index is -0.494. The molecule has 2 N–H and O–H groups in total.